The number of hydrogen-bond acceptors (Lipinski definition) is 4. The summed E-state index contributed by atoms with van der Waals surface area (Å²) >= 11 is 0. The predicted octanol–water partition coefficient (Wildman–Crippen LogP) is 1.92. The van der Waals surface area contributed by atoms with Crippen LogP contribution in [0.5, 0.6) is 0 Å². The third-order valence-electron chi connectivity index (χ3n) is 2.24. The minimum absolute atomic E-state index is 0.520. The van der Waals surface area contributed by atoms with Crippen LogP contribution in [0.4, 0.5) is 0 Å². The monoisotopic (exact) mass is 212 g/mol. The quantitative estimate of drug-likeness (QED) is 0.651. The van der Waals surface area contributed by atoms with E-state index in [1.54, 1.807) is 10.9 Å². The van der Waals surface area contributed by atoms with Gasteiger partial charge in [-0.15, -0.1) is 10.2 Å². The molecule has 0 aliphatic heterocycles. The highest BCUT2D eigenvalue weighted by Gasteiger charge is 2.03. The van der Waals surface area contributed by atoms with Crippen LogP contribution in [-0.4, -0.2) is 20.0 Å². The SMILES string of the molecule is c1cnn(-c2ccc(-c3nnco3)cc2)c1. The van der Waals surface area contributed by atoms with Crippen molar-refractivity contribution < 1.29 is 4.42 Å². The van der Waals surface area contributed by atoms with Gasteiger partial charge in [-0.1, -0.05) is 0 Å². The van der Waals surface area contributed by atoms with Crippen molar-refractivity contribution in [3.63, 3.8) is 0 Å². The largest absolute Gasteiger partial charge is 0.423 e. The van der Waals surface area contributed by atoms with Crippen molar-refractivity contribution in [3.05, 3.63) is 49.1 Å². The lowest BCUT2D eigenvalue weighted by Crippen LogP contribution is -1.93. The van der Waals surface area contributed by atoms with E-state index in [0.29, 0.717) is 5.89 Å². The summed E-state index contributed by atoms with van der Waals surface area (Å²) in [5.74, 6) is 0.520. The molecule has 0 amide bonds. The summed E-state index contributed by atoms with van der Waals surface area (Å²) in [5, 5.41) is 11.6. The highest BCUT2D eigenvalue weighted by Crippen LogP contribution is 2.17. The lowest BCUT2D eigenvalue weighted by Gasteiger charge is -2.01. The van der Waals surface area contributed by atoms with Gasteiger partial charge in [-0.3, -0.25) is 0 Å². The van der Waals surface area contributed by atoms with Crippen LogP contribution < -0.4 is 0 Å². The Morgan fingerprint density at radius 2 is 2.00 bits per heavy atom. The van der Waals surface area contributed by atoms with E-state index in [-0.39, 0.29) is 0 Å². The molecule has 3 aromatic rings. The fourth-order valence-corrected chi connectivity index (χ4v) is 1.48. The van der Waals surface area contributed by atoms with Crippen LogP contribution in [0.15, 0.2) is 53.5 Å². The summed E-state index contributed by atoms with van der Waals surface area (Å²) in [4.78, 5) is 0. The molecular formula is C11H8N4O. The van der Waals surface area contributed by atoms with Crippen LogP contribution in [0.25, 0.3) is 17.1 Å². The summed E-state index contributed by atoms with van der Waals surface area (Å²) in [6.07, 6.45) is 4.95. The number of hydrogen-bond donors (Lipinski definition) is 0. The van der Waals surface area contributed by atoms with Crippen LogP contribution in [0.3, 0.4) is 0 Å². The standard InChI is InChI=1S/C11H8N4O/c1-6-13-15(7-1)10-4-2-9(3-5-10)11-14-12-8-16-11/h1-8H. The van der Waals surface area contributed by atoms with Gasteiger partial charge in [-0.2, -0.15) is 5.10 Å². The van der Waals surface area contributed by atoms with E-state index < -0.39 is 0 Å². The van der Waals surface area contributed by atoms with E-state index in [9.17, 15) is 0 Å². The zero-order valence-electron chi connectivity index (χ0n) is 8.32. The van der Waals surface area contributed by atoms with E-state index in [4.69, 9.17) is 4.42 Å². The van der Waals surface area contributed by atoms with Gasteiger partial charge < -0.3 is 4.42 Å². The zero-order valence-corrected chi connectivity index (χ0v) is 8.32. The van der Waals surface area contributed by atoms with Gasteiger partial charge in [-0.25, -0.2) is 4.68 Å². The second-order valence-corrected chi connectivity index (χ2v) is 3.24. The highest BCUT2D eigenvalue weighted by atomic mass is 16.4. The molecule has 5 nitrogen and oxygen atoms in total. The van der Waals surface area contributed by atoms with Gasteiger partial charge in [0.1, 0.15) is 0 Å². The molecule has 1 aromatic carbocycles. The Labute approximate surface area is 91.4 Å². The van der Waals surface area contributed by atoms with Gasteiger partial charge in [-0.05, 0) is 30.3 Å². The Bertz CT molecular complexity index is 501. The summed E-state index contributed by atoms with van der Waals surface area (Å²) < 4.78 is 6.89. The van der Waals surface area contributed by atoms with E-state index in [1.165, 1.54) is 6.39 Å². The molecule has 0 aliphatic rings. The van der Waals surface area contributed by atoms with Gasteiger partial charge >= 0.3 is 0 Å². The normalized spacial score (nSPS) is 10.5. The molecule has 2 heterocycles. The Morgan fingerprint density at radius 3 is 2.62 bits per heavy atom. The van der Waals surface area contributed by atoms with Crippen LogP contribution >= 0.6 is 0 Å². The minimum Gasteiger partial charge on any atom is -0.423 e. The number of rotatable bonds is 2. The van der Waals surface area contributed by atoms with Crippen LogP contribution in [0.2, 0.25) is 0 Å². The lowest BCUT2D eigenvalue weighted by atomic mass is 10.2. The molecule has 0 spiro atoms. The smallest absolute Gasteiger partial charge is 0.247 e. The maximum absolute atomic E-state index is 5.11. The number of aromatic nitrogens is 4. The van der Waals surface area contributed by atoms with E-state index in [2.05, 4.69) is 15.3 Å². The van der Waals surface area contributed by atoms with Crippen molar-refractivity contribution in [1.29, 1.82) is 0 Å². The van der Waals surface area contributed by atoms with E-state index in [0.717, 1.165) is 11.3 Å². The van der Waals surface area contributed by atoms with Crippen molar-refractivity contribution in [1.82, 2.24) is 20.0 Å². The summed E-state index contributed by atoms with van der Waals surface area (Å²) in [7, 11) is 0. The molecule has 0 radical (unpaired) electrons. The number of nitrogens with zero attached hydrogens (tertiary/aromatic N) is 4. The Balaban J connectivity index is 1.97. The maximum Gasteiger partial charge on any atom is 0.247 e. The second kappa shape index (κ2) is 3.62. The van der Waals surface area contributed by atoms with Crippen molar-refractivity contribution in [3.8, 4) is 17.1 Å². The van der Waals surface area contributed by atoms with Crippen molar-refractivity contribution in [2.75, 3.05) is 0 Å². The van der Waals surface area contributed by atoms with E-state index >= 15 is 0 Å². The van der Waals surface area contributed by atoms with Gasteiger partial charge in [0.05, 0.1) is 5.69 Å². The fourth-order valence-electron chi connectivity index (χ4n) is 1.48. The molecule has 0 saturated heterocycles. The molecule has 0 aliphatic carbocycles. The van der Waals surface area contributed by atoms with Gasteiger partial charge in [0, 0.05) is 18.0 Å². The van der Waals surface area contributed by atoms with Crippen LogP contribution in [0, 0.1) is 0 Å². The third-order valence-corrected chi connectivity index (χ3v) is 2.24. The first-order valence-electron chi connectivity index (χ1n) is 4.80. The fraction of sp³-hybridized carbons (Fsp3) is 0. The van der Waals surface area contributed by atoms with Crippen molar-refractivity contribution in [2.45, 2.75) is 0 Å². The molecular weight excluding hydrogens is 204 g/mol. The first kappa shape index (κ1) is 8.84. The molecule has 0 fully saturated rings. The highest BCUT2D eigenvalue weighted by molar-refractivity contribution is 5.54. The molecule has 16 heavy (non-hydrogen) atoms. The first-order chi connectivity index (χ1) is 7.93. The summed E-state index contributed by atoms with van der Waals surface area (Å²) in [6, 6.07) is 9.63. The van der Waals surface area contributed by atoms with Gasteiger partial charge in [0.2, 0.25) is 12.3 Å². The summed E-state index contributed by atoms with van der Waals surface area (Å²) in [5.41, 5.74) is 1.89. The average molecular weight is 212 g/mol. The molecule has 0 bridgehead atoms. The minimum atomic E-state index is 0.520. The van der Waals surface area contributed by atoms with Crippen molar-refractivity contribution >= 4 is 0 Å². The molecule has 0 unspecified atom stereocenters. The first-order valence-corrected chi connectivity index (χ1v) is 4.80. The zero-order chi connectivity index (χ0) is 10.8. The van der Waals surface area contributed by atoms with Crippen LogP contribution in [0.1, 0.15) is 0 Å². The average Bonchev–Trinajstić information content (AvgIpc) is 3.03. The van der Waals surface area contributed by atoms with Crippen molar-refractivity contribution in [2.24, 2.45) is 0 Å². The predicted molar refractivity (Wildman–Crippen MR) is 56.9 cm³/mol. The second-order valence-electron chi connectivity index (χ2n) is 3.24. The third kappa shape index (κ3) is 1.48. The molecule has 0 atom stereocenters. The molecule has 78 valence electrons. The summed E-state index contributed by atoms with van der Waals surface area (Å²) in [6.45, 7) is 0. The van der Waals surface area contributed by atoms with Gasteiger partial charge in [0.15, 0.2) is 0 Å². The lowest BCUT2D eigenvalue weighted by molar-refractivity contribution is 0.568. The molecule has 2 aromatic heterocycles. The molecule has 3 rings (SSSR count). The topological polar surface area (TPSA) is 56.7 Å². The molecule has 0 N–H and O–H groups in total. The van der Waals surface area contributed by atoms with Crippen LogP contribution in [-0.2, 0) is 0 Å². The maximum atomic E-state index is 5.11. The van der Waals surface area contributed by atoms with E-state index in [1.807, 2.05) is 36.5 Å². The Kier molecular flexibility index (Phi) is 2.00. The number of benzene rings is 1. The Morgan fingerprint density at radius 1 is 1.12 bits per heavy atom. The van der Waals surface area contributed by atoms with Gasteiger partial charge in [0.25, 0.3) is 0 Å². The molecule has 5 heteroatoms. The Hall–Kier alpha value is -2.43. The molecule has 0 saturated carbocycles.